The minimum Gasteiger partial charge on any atom is -0.378 e. The Kier molecular flexibility index (Phi) is 6.62. The fourth-order valence-electron chi connectivity index (χ4n) is 4.68. The molecule has 0 spiro atoms. The van der Waals surface area contributed by atoms with Crippen molar-refractivity contribution in [1.29, 1.82) is 0 Å². The van der Waals surface area contributed by atoms with Crippen LogP contribution in [0.2, 0.25) is 0 Å². The summed E-state index contributed by atoms with van der Waals surface area (Å²) >= 11 is 0. The van der Waals surface area contributed by atoms with Crippen molar-refractivity contribution in [3.05, 3.63) is 52.5 Å². The summed E-state index contributed by atoms with van der Waals surface area (Å²) in [5.74, 6) is -0.0467. The number of nitrogens with zero attached hydrogens (tertiary/aromatic N) is 3. The molecule has 4 unspecified atom stereocenters. The maximum absolute atomic E-state index is 14.3. The first-order valence-corrected chi connectivity index (χ1v) is 12.0. The van der Waals surface area contributed by atoms with Crippen molar-refractivity contribution in [2.75, 3.05) is 5.32 Å². The Morgan fingerprint density at radius 1 is 1.28 bits per heavy atom. The van der Waals surface area contributed by atoms with E-state index in [1.54, 1.807) is 17.0 Å². The van der Waals surface area contributed by atoms with E-state index in [4.69, 9.17) is 0 Å². The molecule has 5 rings (SSSR count). The van der Waals surface area contributed by atoms with Gasteiger partial charge in [0.2, 0.25) is 0 Å². The first-order chi connectivity index (χ1) is 17.1. The summed E-state index contributed by atoms with van der Waals surface area (Å²) in [5, 5.41) is 34.5. The second-order valence-corrected chi connectivity index (χ2v) is 9.42. The van der Waals surface area contributed by atoms with Crippen molar-refractivity contribution in [1.82, 2.24) is 20.4 Å². The van der Waals surface area contributed by atoms with E-state index < -0.39 is 30.0 Å². The van der Waals surface area contributed by atoms with E-state index in [-0.39, 0.29) is 24.2 Å². The molecule has 0 bridgehead atoms. The third kappa shape index (κ3) is 5.03. The molecule has 1 saturated carbocycles. The van der Waals surface area contributed by atoms with Crippen LogP contribution in [0.3, 0.4) is 0 Å². The summed E-state index contributed by atoms with van der Waals surface area (Å²) in [6, 6.07) is 2.81. The number of halogens is 4. The van der Waals surface area contributed by atoms with Crippen molar-refractivity contribution in [2.45, 2.75) is 70.0 Å². The molecule has 194 valence electrons. The third-order valence-electron chi connectivity index (χ3n) is 6.81. The average molecular weight is 509 g/mol. The van der Waals surface area contributed by atoms with E-state index in [0.717, 1.165) is 25.0 Å². The van der Waals surface area contributed by atoms with Gasteiger partial charge in [0, 0.05) is 29.5 Å². The number of rotatable bonds is 6. The van der Waals surface area contributed by atoms with Gasteiger partial charge in [-0.2, -0.15) is 18.3 Å². The molecule has 1 aromatic heterocycles. The Hall–Kier alpha value is -2.80. The monoisotopic (exact) mass is 508 g/mol. The summed E-state index contributed by atoms with van der Waals surface area (Å²) in [4.78, 5) is 4.47. The van der Waals surface area contributed by atoms with Gasteiger partial charge in [-0.15, -0.1) is 0 Å². The number of aliphatic imine (C=N–C) groups is 1. The summed E-state index contributed by atoms with van der Waals surface area (Å²) in [5.41, 5.74) is 0.353. The molecule has 1 saturated heterocycles. The van der Waals surface area contributed by atoms with Gasteiger partial charge >= 0.3 is 6.18 Å². The number of amidine groups is 1. The van der Waals surface area contributed by atoms with E-state index in [1.165, 1.54) is 0 Å². The molecule has 0 radical (unpaired) electrons. The molecule has 1 aromatic carbocycles. The van der Waals surface area contributed by atoms with Crippen LogP contribution >= 0.6 is 0 Å². The highest BCUT2D eigenvalue weighted by atomic mass is 19.4. The number of aromatic nitrogens is 2. The number of hydrogen-bond donors (Lipinski definition) is 5. The van der Waals surface area contributed by atoms with Crippen molar-refractivity contribution in [3.63, 3.8) is 0 Å². The highest BCUT2D eigenvalue weighted by Crippen LogP contribution is 2.35. The van der Waals surface area contributed by atoms with Gasteiger partial charge in [0.25, 0.3) is 0 Å². The molecule has 1 aliphatic carbocycles. The first-order valence-electron chi connectivity index (χ1n) is 12.0. The number of hydrogen-bond acceptors (Lipinski definition) is 6. The lowest BCUT2D eigenvalue weighted by Crippen LogP contribution is -2.38. The number of nitrogens with one attached hydrogen (secondary N) is 3. The third-order valence-corrected chi connectivity index (χ3v) is 6.81. The summed E-state index contributed by atoms with van der Waals surface area (Å²) in [7, 11) is 0. The summed E-state index contributed by atoms with van der Waals surface area (Å²) in [6.45, 7) is 1.80. The Bertz CT molecular complexity index is 1190. The fourth-order valence-corrected chi connectivity index (χ4v) is 4.68. The van der Waals surface area contributed by atoms with Crippen LogP contribution in [-0.2, 0) is 12.7 Å². The second-order valence-electron chi connectivity index (χ2n) is 9.42. The van der Waals surface area contributed by atoms with E-state index in [1.807, 2.05) is 6.92 Å². The standard InChI is InChI=1S/C24H28F4N6O2/c1-2-16-17(23(36)33-22(16)35)7-13-11-30-34-20(31-15-5-6-15)9-19(32-21(13)34)29-10-12-3-4-14(8-18(12)25)24(26,27)28/h3-4,7-8,11,15-16,20,22-23,31,33,35-36H,2,5-6,9-10H2,1H3,(H,29,32). The highest BCUT2D eigenvalue weighted by Gasteiger charge is 2.36. The van der Waals surface area contributed by atoms with E-state index >= 15 is 0 Å². The second kappa shape index (κ2) is 9.58. The van der Waals surface area contributed by atoms with Gasteiger partial charge in [-0.3, -0.25) is 15.6 Å². The van der Waals surface area contributed by atoms with Gasteiger partial charge in [0.1, 0.15) is 36.1 Å². The predicted molar refractivity (Wildman–Crippen MR) is 125 cm³/mol. The maximum atomic E-state index is 14.3. The normalized spacial score (nSPS) is 28.5. The number of anilines is 1. The molecule has 5 N–H and O–H groups in total. The SMILES string of the molecule is CCC1C(=Cc2cnn3c2NC(=NCc2ccc(C(F)(F)F)cc2F)CC3NC2CC2)C(O)NC1O. The first kappa shape index (κ1) is 24.9. The topological polar surface area (TPSA) is 107 Å². The summed E-state index contributed by atoms with van der Waals surface area (Å²) in [6.07, 6.45) is -0.0401. The van der Waals surface area contributed by atoms with Crippen LogP contribution in [0.4, 0.5) is 23.4 Å². The Balaban J connectivity index is 1.42. The van der Waals surface area contributed by atoms with E-state index in [0.29, 0.717) is 47.7 Å². The number of fused-ring (bicyclic) bond motifs is 1. The van der Waals surface area contributed by atoms with Gasteiger partial charge in [-0.1, -0.05) is 13.0 Å². The molecule has 36 heavy (non-hydrogen) atoms. The van der Waals surface area contributed by atoms with Gasteiger partial charge in [0.05, 0.1) is 18.3 Å². The van der Waals surface area contributed by atoms with E-state index in [2.05, 4.69) is 26.0 Å². The molecule has 8 nitrogen and oxygen atoms in total. The van der Waals surface area contributed by atoms with Crippen LogP contribution in [0.25, 0.3) is 6.08 Å². The highest BCUT2D eigenvalue weighted by molar-refractivity contribution is 5.98. The van der Waals surface area contributed by atoms with Crippen molar-refractivity contribution in [3.8, 4) is 0 Å². The molecule has 2 aliphatic heterocycles. The molecule has 12 heteroatoms. The van der Waals surface area contributed by atoms with Crippen molar-refractivity contribution in [2.24, 2.45) is 10.9 Å². The molecule has 2 aromatic rings. The zero-order chi connectivity index (χ0) is 25.6. The van der Waals surface area contributed by atoms with Crippen LogP contribution in [-0.4, -0.2) is 44.3 Å². The Morgan fingerprint density at radius 3 is 2.72 bits per heavy atom. The lowest BCUT2D eigenvalue weighted by molar-refractivity contribution is -0.137. The van der Waals surface area contributed by atoms with Crippen molar-refractivity contribution >= 4 is 17.7 Å². The number of aliphatic hydroxyl groups is 2. The predicted octanol–water partition coefficient (Wildman–Crippen LogP) is 3.36. The average Bonchev–Trinajstić information content (AvgIpc) is 3.47. The van der Waals surface area contributed by atoms with Crippen LogP contribution in [0.15, 0.2) is 35.0 Å². The molecule has 2 fully saturated rings. The lowest BCUT2D eigenvalue weighted by atomic mass is 9.96. The number of alkyl halides is 3. The number of aliphatic hydroxyl groups excluding tert-OH is 2. The van der Waals surface area contributed by atoms with Crippen LogP contribution in [0, 0.1) is 11.7 Å². The Morgan fingerprint density at radius 2 is 2.06 bits per heavy atom. The summed E-state index contributed by atoms with van der Waals surface area (Å²) < 4.78 is 54.7. The molecule has 4 atom stereocenters. The lowest BCUT2D eigenvalue weighted by Gasteiger charge is -2.28. The smallest absolute Gasteiger partial charge is 0.378 e. The van der Waals surface area contributed by atoms with E-state index in [9.17, 15) is 27.8 Å². The van der Waals surface area contributed by atoms with Crippen LogP contribution in [0.5, 0.6) is 0 Å². The quantitative estimate of drug-likeness (QED) is 0.383. The molecular formula is C24H28F4N6O2. The fraction of sp³-hybridized carbons (Fsp3) is 0.500. The molecule has 3 aliphatic rings. The van der Waals surface area contributed by atoms with Crippen LogP contribution in [0.1, 0.15) is 55.5 Å². The van der Waals surface area contributed by atoms with Gasteiger partial charge in [0.15, 0.2) is 0 Å². The molecule has 0 amide bonds. The van der Waals surface area contributed by atoms with Gasteiger partial charge in [-0.25, -0.2) is 9.07 Å². The zero-order valence-corrected chi connectivity index (χ0v) is 19.6. The number of benzene rings is 1. The largest absolute Gasteiger partial charge is 0.416 e. The Labute approximate surface area is 205 Å². The van der Waals surface area contributed by atoms with Gasteiger partial charge in [-0.05, 0) is 43.0 Å². The minimum atomic E-state index is -4.61. The molecule has 3 heterocycles. The molecular weight excluding hydrogens is 480 g/mol. The van der Waals surface area contributed by atoms with Gasteiger partial charge < -0.3 is 15.5 Å². The maximum Gasteiger partial charge on any atom is 0.416 e. The van der Waals surface area contributed by atoms with Crippen LogP contribution < -0.4 is 16.0 Å². The zero-order valence-electron chi connectivity index (χ0n) is 19.6. The van der Waals surface area contributed by atoms with Crippen molar-refractivity contribution < 1.29 is 27.8 Å². The minimum absolute atomic E-state index is 0.0605.